The van der Waals surface area contributed by atoms with E-state index in [-0.39, 0.29) is 12.1 Å². The van der Waals surface area contributed by atoms with E-state index in [9.17, 15) is 0 Å². The number of hydrogen-bond acceptors (Lipinski definition) is 4. The van der Waals surface area contributed by atoms with Crippen molar-refractivity contribution in [3.63, 3.8) is 0 Å². The number of ether oxygens (including phenoxy) is 1. The van der Waals surface area contributed by atoms with Gasteiger partial charge in [0.2, 0.25) is 0 Å². The second kappa shape index (κ2) is 8.49. The van der Waals surface area contributed by atoms with Crippen LogP contribution < -0.4 is 5.32 Å². The molecule has 5 heteroatoms. The summed E-state index contributed by atoms with van der Waals surface area (Å²) in [5.41, 5.74) is 1.16. The van der Waals surface area contributed by atoms with E-state index in [0.29, 0.717) is 5.92 Å². The molecule has 1 saturated carbocycles. The van der Waals surface area contributed by atoms with Gasteiger partial charge in [-0.15, -0.1) is 5.10 Å². The quantitative estimate of drug-likeness (QED) is 0.801. The minimum absolute atomic E-state index is 0.176. The Labute approximate surface area is 128 Å². The highest BCUT2D eigenvalue weighted by molar-refractivity contribution is 5.06. The highest BCUT2D eigenvalue weighted by atomic mass is 16.5. The lowest BCUT2D eigenvalue weighted by molar-refractivity contribution is -0.0186. The van der Waals surface area contributed by atoms with Crippen molar-refractivity contribution in [3.8, 4) is 0 Å². The van der Waals surface area contributed by atoms with Crippen molar-refractivity contribution in [2.24, 2.45) is 5.92 Å². The summed E-state index contributed by atoms with van der Waals surface area (Å²) in [6, 6.07) is 0.176. The first kappa shape index (κ1) is 16.4. The summed E-state index contributed by atoms with van der Waals surface area (Å²) in [5.74, 6) is 0.640. The zero-order valence-electron chi connectivity index (χ0n) is 13.7. The van der Waals surface area contributed by atoms with Crippen LogP contribution in [0.15, 0.2) is 6.20 Å². The SMILES string of the molecule is CCCn1nncc1C(NC)C(OCC)C1CCCCC1. The third-order valence-electron chi connectivity index (χ3n) is 4.51. The van der Waals surface area contributed by atoms with Crippen LogP contribution in [-0.4, -0.2) is 34.8 Å². The summed E-state index contributed by atoms with van der Waals surface area (Å²) in [6.07, 6.45) is 9.76. The molecule has 0 radical (unpaired) electrons. The molecule has 1 aromatic heterocycles. The Bertz CT molecular complexity index is 401. The van der Waals surface area contributed by atoms with E-state index < -0.39 is 0 Å². The van der Waals surface area contributed by atoms with Gasteiger partial charge < -0.3 is 10.1 Å². The summed E-state index contributed by atoms with van der Waals surface area (Å²) >= 11 is 0. The predicted molar refractivity (Wildman–Crippen MR) is 84.1 cm³/mol. The van der Waals surface area contributed by atoms with Gasteiger partial charge >= 0.3 is 0 Å². The molecule has 2 rings (SSSR count). The van der Waals surface area contributed by atoms with Crippen LogP contribution in [0.25, 0.3) is 0 Å². The zero-order chi connectivity index (χ0) is 15.1. The number of likely N-dealkylation sites (N-methyl/N-ethyl adjacent to an activating group) is 1. The molecule has 1 aliphatic carbocycles. The number of aryl methyl sites for hydroxylation is 1. The van der Waals surface area contributed by atoms with Crippen LogP contribution >= 0.6 is 0 Å². The third-order valence-corrected chi connectivity index (χ3v) is 4.51. The number of nitrogens with one attached hydrogen (secondary N) is 1. The summed E-state index contributed by atoms with van der Waals surface area (Å²) in [6.45, 7) is 5.93. The lowest BCUT2D eigenvalue weighted by Gasteiger charge is -2.35. The van der Waals surface area contributed by atoms with Crippen LogP contribution in [0.3, 0.4) is 0 Å². The standard InChI is InChI=1S/C16H30N4O/c1-4-11-20-14(12-18-19-20)15(17-3)16(21-5-2)13-9-7-6-8-10-13/h12-13,15-17H,4-11H2,1-3H3. The summed E-state index contributed by atoms with van der Waals surface area (Å²) in [4.78, 5) is 0. The van der Waals surface area contributed by atoms with Crippen molar-refractivity contribution >= 4 is 0 Å². The second-order valence-electron chi connectivity index (χ2n) is 5.97. The fourth-order valence-electron chi connectivity index (χ4n) is 3.53. The van der Waals surface area contributed by atoms with Crippen LogP contribution in [0.2, 0.25) is 0 Å². The number of nitrogens with zero attached hydrogens (tertiary/aromatic N) is 3. The Morgan fingerprint density at radius 2 is 2.10 bits per heavy atom. The van der Waals surface area contributed by atoms with Crippen LogP contribution in [0.5, 0.6) is 0 Å². The first-order valence-electron chi connectivity index (χ1n) is 8.49. The van der Waals surface area contributed by atoms with Gasteiger partial charge in [0.25, 0.3) is 0 Å². The fraction of sp³-hybridized carbons (Fsp3) is 0.875. The average molecular weight is 294 g/mol. The van der Waals surface area contributed by atoms with E-state index in [0.717, 1.165) is 25.3 Å². The number of rotatable bonds is 8. The minimum Gasteiger partial charge on any atom is -0.376 e. The Morgan fingerprint density at radius 1 is 1.33 bits per heavy atom. The highest BCUT2D eigenvalue weighted by Crippen LogP contribution is 2.34. The topological polar surface area (TPSA) is 52.0 Å². The smallest absolute Gasteiger partial charge is 0.0813 e. The maximum Gasteiger partial charge on any atom is 0.0813 e. The zero-order valence-corrected chi connectivity index (χ0v) is 13.7. The van der Waals surface area contributed by atoms with Crippen LogP contribution in [0, 0.1) is 5.92 Å². The van der Waals surface area contributed by atoms with Gasteiger partial charge in [0.1, 0.15) is 0 Å². The normalized spacial score (nSPS) is 19.6. The van der Waals surface area contributed by atoms with Crippen LogP contribution in [0.4, 0.5) is 0 Å². The number of aromatic nitrogens is 3. The lowest BCUT2D eigenvalue weighted by atomic mass is 9.82. The van der Waals surface area contributed by atoms with Gasteiger partial charge in [0.15, 0.2) is 0 Å². The molecular weight excluding hydrogens is 264 g/mol. The second-order valence-corrected chi connectivity index (χ2v) is 5.97. The first-order chi connectivity index (χ1) is 10.3. The Balaban J connectivity index is 2.19. The van der Waals surface area contributed by atoms with Gasteiger partial charge in [-0.25, -0.2) is 4.68 Å². The summed E-state index contributed by atoms with van der Waals surface area (Å²) in [5, 5.41) is 11.8. The van der Waals surface area contributed by atoms with E-state index in [1.54, 1.807) is 0 Å². The molecule has 1 aromatic rings. The van der Waals surface area contributed by atoms with Crippen molar-refractivity contribution in [2.75, 3.05) is 13.7 Å². The van der Waals surface area contributed by atoms with E-state index >= 15 is 0 Å². The fourth-order valence-corrected chi connectivity index (χ4v) is 3.53. The Hall–Kier alpha value is -0.940. The molecule has 120 valence electrons. The molecule has 0 bridgehead atoms. The first-order valence-corrected chi connectivity index (χ1v) is 8.49. The molecule has 0 aromatic carbocycles. The average Bonchev–Trinajstić information content (AvgIpc) is 2.97. The molecule has 0 spiro atoms. The maximum atomic E-state index is 6.16. The molecule has 21 heavy (non-hydrogen) atoms. The van der Waals surface area contributed by atoms with E-state index in [1.165, 1.54) is 32.1 Å². The largest absolute Gasteiger partial charge is 0.376 e. The summed E-state index contributed by atoms with van der Waals surface area (Å²) in [7, 11) is 2.02. The van der Waals surface area contributed by atoms with E-state index in [2.05, 4.69) is 29.5 Å². The molecule has 0 amide bonds. The molecular formula is C16H30N4O. The third kappa shape index (κ3) is 4.04. The van der Waals surface area contributed by atoms with Gasteiger partial charge in [0, 0.05) is 13.2 Å². The van der Waals surface area contributed by atoms with Gasteiger partial charge in [0.05, 0.1) is 24.0 Å². The Kier molecular flexibility index (Phi) is 6.64. The molecule has 1 N–H and O–H groups in total. The van der Waals surface area contributed by atoms with Gasteiger partial charge in [-0.3, -0.25) is 0 Å². The van der Waals surface area contributed by atoms with Crippen LogP contribution in [-0.2, 0) is 11.3 Å². The molecule has 0 aliphatic heterocycles. The molecule has 1 aliphatic rings. The highest BCUT2D eigenvalue weighted by Gasteiger charge is 2.33. The Morgan fingerprint density at radius 3 is 2.71 bits per heavy atom. The van der Waals surface area contributed by atoms with E-state index in [4.69, 9.17) is 4.74 Å². The van der Waals surface area contributed by atoms with Gasteiger partial charge in [-0.05, 0) is 39.2 Å². The predicted octanol–water partition coefficient (Wildman–Crippen LogP) is 2.93. The van der Waals surface area contributed by atoms with Crippen molar-refractivity contribution < 1.29 is 4.74 Å². The van der Waals surface area contributed by atoms with Gasteiger partial charge in [-0.2, -0.15) is 0 Å². The maximum absolute atomic E-state index is 6.16. The van der Waals surface area contributed by atoms with Crippen molar-refractivity contribution in [1.29, 1.82) is 0 Å². The monoisotopic (exact) mass is 294 g/mol. The van der Waals surface area contributed by atoms with E-state index in [1.807, 2.05) is 17.9 Å². The summed E-state index contributed by atoms with van der Waals surface area (Å²) < 4.78 is 8.18. The lowest BCUT2D eigenvalue weighted by Crippen LogP contribution is -2.39. The van der Waals surface area contributed by atoms with Crippen LogP contribution in [0.1, 0.15) is 64.1 Å². The van der Waals surface area contributed by atoms with Gasteiger partial charge in [-0.1, -0.05) is 31.4 Å². The van der Waals surface area contributed by atoms with Crippen molar-refractivity contribution in [2.45, 2.75) is 71.1 Å². The molecule has 2 unspecified atom stereocenters. The molecule has 5 nitrogen and oxygen atoms in total. The van der Waals surface area contributed by atoms with Crippen molar-refractivity contribution in [1.82, 2.24) is 20.3 Å². The number of hydrogen-bond donors (Lipinski definition) is 1. The molecule has 1 heterocycles. The minimum atomic E-state index is 0.176. The molecule has 1 fully saturated rings. The molecule has 0 saturated heterocycles. The molecule has 2 atom stereocenters. The van der Waals surface area contributed by atoms with Crippen molar-refractivity contribution in [3.05, 3.63) is 11.9 Å².